The van der Waals surface area contributed by atoms with Gasteiger partial charge in [0.15, 0.2) is 11.6 Å². The third-order valence-electron chi connectivity index (χ3n) is 2.48. The maximum absolute atomic E-state index is 13.6. The Morgan fingerprint density at radius 3 is 2.89 bits per heavy atom. The summed E-state index contributed by atoms with van der Waals surface area (Å²) >= 11 is 1.49. The Morgan fingerprint density at radius 1 is 1.50 bits per heavy atom. The summed E-state index contributed by atoms with van der Waals surface area (Å²) in [4.78, 5) is 4.45. The summed E-state index contributed by atoms with van der Waals surface area (Å²) in [7, 11) is 1.45. The molecule has 0 saturated heterocycles. The van der Waals surface area contributed by atoms with Crippen molar-refractivity contribution in [2.24, 2.45) is 5.73 Å². The third-order valence-corrected chi connectivity index (χ3v) is 3.42. The van der Waals surface area contributed by atoms with Crippen molar-refractivity contribution >= 4 is 11.3 Å². The molecule has 1 atom stereocenters. The van der Waals surface area contributed by atoms with E-state index in [9.17, 15) is 4.39 Å². The first-order valence-corrected chi connectivity index (χ1v) is 6.52. The zero-order valence-electron chi connectivity index (χ0n) is 10.3. The number of ether oxygens (including phenoxy) is 1. The summed E-state index contributed by atoms with van der Waals surface area (Å²) in [6, 6.07) is 4.92. The van der Waals surface area contributed by atoms with Gasteiger partial charge in [-0.25, -0.2) is 9.37 Å². The highest BCUT2D eigenvalue weighted by Crippen LogP contribution is 2.28. The van der Waals surface area contributed by atoms with E-state index < -0.39 is 0 Å². The van der Waals surface area contributed by atoms with Gasteiger partial charge in [-0.15, -0.1) is 11.3 Å². The van der Waals surface area contributed by atoms with E-state index in [1.165, 1.54) is 24.5 Å². The van der Waals surface area contributed by atoms with Crippen molar-refractivity contribution in [3.8, 4) is 16.3 Å². The molecule has 0 fully saturated rings. The molecule has 2 N–H and O–H groups in total. The molecule has 96 valence electrons. The fourth-order valence-corrected chi connectivity index (χ4v) is 2.49. The van der Waals surface area contributed by atoms with Crippen LogP contribution in [0.4, 0.5) is 4.39 Å². The monoisotopic (exact) mass is 266 g/mol. The second kappa shape index (κ2) is 5.46. The predicted octanol–water partition coefficient (Wildman–Crippen LogP) is 2.85. The zero-order valence-corrected chi connectivity index (χ0v) is 11.1. The topological polar surface area (TPSA) is 48.1 Å². The van der Waals surface area contributed by atoms with E-state index in [-0.39, 0.29) is 17.6 Å². The van der Waals surface area contributed by atoms with Crippen molar-refractivity contribution in [3.63, 3.8) is 0 Å². The Hall–Kier alpha value is -1.46. The van der Waals surface area contributed by atoms with Crippen LogP contribution in [0.1, 0.15) is 12.6 Å². The lowest BCUT2D eigenvalue weighted by Crippen LogP contribution is -2.17. The van der Waals surface area contributed by atoms with Crippen molar-refractivity contribution in [2.45, 2.75) is 19.4 Å². The molecule has 0 radical (unpaired) electrons. The van der Waals surface area contributed by atoms with Crippen molar-refractivity contribution in [1.82, 2.24) is 4.98 Å². The number of nitrogens with two attached hydrogens (primary N) is 1. The van der Waals surface area contributed by atoms with Crippen LogP contribution < -0.4 is 10.5 Å². The van der Waals surface area contributed by atoms with Gasteiger partial charge in [0.1, 0.15) is 5.01 Å². The van der Waals surface area contributed by atoms with Gasteiger partial charge in [0.25, 0.3) is 0 Å². The molecule has 5 heteroatoms. The molecule has 1 aromatic heterocycles. The zero-order chi connectivity index (χ0) is 13.1. The Labute approximate surface area is 109 Å². The Balaban J connectivity index is 2.26. The summed E-state index contributed by atoms with van der Waals surface area (Å²) in [5.41, 5.74) is 7.43. The number of benzene rings is 1. The first-order valence-electron chi connectivity index (χ1n) is 5.64. The van der Waals surface area contributed by atoms with E-state index in [1.807, 2.05) is 12.3 Å². The van der Waals surface area contributed by atoms with Crippen LogP contribution in [0.25, 0.3) is 10.6 Å². The highest BCUT2D eigenvalue weighted by molar-refractivity contribution is 7.13. The van der Waals surface area contributed by atoms with Crippen molar-refractivity contribution in [1.29, 1.82) is 0 Å². The summed E-state index contributed by atoms with van der Waals surface area (Å²) in [6.07, 6.45) is 0.731. The highest BCUT2D eigenvalue weighted by Gasteiger charge is 2.09. The van der Waals surface area contributed by atoms with Crippen LogP contribution in [0.3, 0.4) is 0 Å². The average molecular weight is 266 g/mol. The standard InChI is InChI=1S/C13H15FN2OS/c1-8(15)5-10-7-18-13(16-10)9-3-4-12(17-2)11(14)6-9/h3-4,6-8H,5,15H2,1-2H3. The molecule has 0 aliphatic rings. The number of thiazole rings is 1. The van der Waals surface area contributed by atoms with Crippen LogP contribution in [0.5, 0.6) is 5.75 Å². The van der Waals surface area contributed by atoms with Gasteiger partial charge in [0.05, 0.1) is 12.8 Å². The lowest BCUT2D eigenvalue weighted by atomic mass is 10.2. The molecule has 2 aromatic rings. The van der Waals surface area contributed by atoms with Crippen LogP contribution in [0.15, 0.2) is 23.6 Å². The van der Waals surface area contributed by atoms with Crippen molar-refractivity contribution in [2.75, 3.05) is 7.11 Å². The molecule has 1 aromatic carbocycles. The van der Waals surface area contributed by atoms with Crippen LogP contribution in [-0.4, -0.2) is 18.1 Å². The number of halogens is 1. The molecule has 0 saturated carbocycles. The normalized spacial score (nSPS) is 12.4. The smallest absolute Gasteiger partial charge is 0.165 e. The summed E-state index contributed by atoms with van der Waals surface area (Å²) in [5, 5.41) is 2.76. The quantitative estimate of drug-likeness (QED) is 0.925. The second-order valence-corrected chi connectivity index (χ2v) is 5.03. The molecule has 0 aliphatic carbocycles. The largest absolute Gasteiger partial charge is 0.494 e. The minimum absolute atomic E-state index is 0.0764. The molecular weight excluding hydrogens is 251 g/mol. The number of hydrogen-bond donors (Lipinski definition) is 1. The maximum Gasteiger partial charge on any atom is 0.165 e. The van der Waals surface area contributed by atoms with Crippen LogP contribution in [-0.2, 0) is 6.42 Å². The van der Waals surface area contributed by atoms with Gasteiger partial charge in [-0.1, -0.05) is 0 Å². The number of aromatic nitrogens is 1. The second-order valence-electron chi connectivity index (χ2n) is 4.17. The molecular formula is C13H15FN2OS. The van der Waals surface area contributed by atoms with Crippen molar-refractivity contribution < 1.29 is 9.13 Å². The van der Waals surface area contributed by atoms with Crippen LogP contribution in [0.2, 0.25) is 0 Å². The molecule has 3 nitrogen and oxygen atoms in total. The molecule has 2 rings (SSSR count). The summed E-state index contributed by atoms with van der Waals surface area (Å²) in [6.45, 7) is 1.94. The average Bonchev–Trinajstić information content (AvgIpc) is 2.76. The summed E-state index contributed by atoms with van der Waals surface area (Å²) in [5.74, 6) is -0.134. The molecule has 0 aliphatic heterocycles. The SMILES string of the molecule is COc1ccc(-c2nc(CC(C)N)cs2)cc1F. The van der Waals surface area contributed by atoms with E-state index in [1.54, 1.807) is 12.1 Å². The van der Waals surface area contributed by atoms with Crippen LogP contribution >= 0.6 is 11.3 Å². The minimum Gasteiger partial charge on any atom is -0.494 e. The lowest BCUT2D eigenvalue weighted by Gasteiger charge is -2.03. The number of methoxy groups -OCH3 is 1. The van der Waals surface area contributed by atoms with E-state index in [0.29, 0.717) is 0 Å². The first kappa shape index (κ1) is 13.0. The Kier molecular flexibility index (Phi) is 3.93. The molecule has 0 bridgehead atoms. The van der Waals surface area contributed by atoms with Gasteiger partial charge in [-0.2, -0.15) is 0 Å². The van der Waals surface area contributed by atoms with E-state index in [4.69, 9.17) is 10.5 Å². The molecule has 18 heavy (non-hydrogen) atoms. The molecule has 0 amide bonds. The van der Waals surface area contributed by atoms with Gasteiger partial charge >= 0.3 is 0 Å². The Bertz CT molecular complexity index is 540. The van der Waals surface area contributed by atoms with Gasteiger partial charge in [-0.05, 0) is 25.1 Å². The minimum atomic E-state index is -0.376. The number of hydrogen-bond acceptors (Lipinski definition) is 4. The third kappa shape index (κ3) is 2.86. The van der Waals surface area contributed by atoms with Gasteiger partial charge in [0.2, 0.25) is 0 Å². The number of nitrogens with zero attached hydrogens (tertiary/aromatic N) is 1. The van der Waals surface area contributed by atoms with Gasteiger partial charge < -0.3 is 10.5 Å². The fourth-order valence-electron chi connectivity index (χ4n) is 1.66. The molecule has 0 spiro atoms. The molecule has 1 heterocycles. The maximum atomic E-state index is 13.6. The number of rotatable bonds is 4. The first-order chi connectivity index (χ1) is 8.60. The highest BCUT2D eigenvalue weighted by atomic mass is 32.1. The fraction of sp³-hybridized carbons (Fsp3) is 0.308. The van der Waals surface area contributed by atoms with E-state index >= 15 is 0 Å². The Morgan fingerprint density at radius 2 is 2.28 bits per heavy atom. The van der Waals surface area contributed by atoms with Gasteiger partial charge in [0, 0.05) is 23.4 Å². The van der Waals surface area contributed by atoms with Gasteiger partial charge in [-0.3, -0.25) is 0 Å². The predicted molar refractivity (Wildman–Crippen MR) is 71.4 cm³/mol. The van der Waals surface area contributed by atoms with E-state index in [2.05, 4.69) is 4.98 Å². The lowest BCUT2D eigenvalue weighted by molar-refractivity contribution is 0.386. The van der Waals surface area contributed by atoms with Crippen molar-refractivity contribution in [3.05, 3.63) is 35.1 Å². The molecule has 1 unspecified atom stereocenters. The van der Waals surface area contributed by atoms with Crippen LogP contribution in [0, 0.1) is 5.82 Å². The van der Waals surface area contributed by atoms with E-state index in [0.717, 1.165) is 22.7 Å². The summed E-state index contributed by atoms with van der Waals surface area (Å²) < 4.78 is 18.5.